The van der Waals surface area contributed by atoms with Gasteiger partial charge in [-0.05, 0) is 48.8 Å². The lowest BCUT2D eigenvalue weighted by molar-refractivity contribution is -0.154. The largest absolute Gasteiger partial charge is 0.480 e. The number of thiazole rings is 1. The molecule has 1 aromatic carbocycles. The Bertz CT molecular complexity index is 1220. The lowest BCUT2D eigenvalue weighted by Crippen LogP contribution is -2.44. The summed E-state index contributed by atoms with van der Waals surface area (Å²) in [6.45, 7) is 1.40. The van der Waals surface area contributed by atoms with Crippen molar-refractivity contribution in [3.05, 3.63) is 48.8 Å². The molecule has 8 atom stereocenters. The number of aromatic amines is 1. The van der Waals surface area contributed by atoms with Gasteiger partial charge in [-0.1, -0.05) is 39.4 Å². The lowest BCUT2D eigenvalue weighted by atomic mass is 9.68. The van der Waals surface area contributed by atoms with Gasteiger partial charge in [0.25, 0.3) is 0 Å². The van der Waals surface area contributed by atoms with Crippen molar-refractivity contribution in [2.75, 3.05) is 0 Å². The van der Waals surface area contributed by atoms with Crippen molar-refractivity contribution >= 4 is 56.8 Å². The number of nitrogens with zero attached hydrogens (tertiary/aromatic N) is 1. The predicted molar refractivity (Wildman–Crippen MR) is 122 cm³/mol. The molecule has 10 heteroatoms. The first kappa shape index (κ1) is 20.7. The maximum atomic E-state index is 13.3. The summed E-state index contributed by atoms with van der Waals surface area (Å²) in [5.74, 6) is -2.70. The van der Waals surface area contributed by atoms with Crippen LogP contribution in [-0.4, -0.2) is 44.1 Å². The van der Waals surface area contributed by atoms with Gasteiger partial charge in [-0.3, -0.25) is 19.3 Å². The molecule has 7 nitrogen and oxygen atoms in total. The molecule has 2 N–H and O–H groups in total. The van der Waals surface area contributed by atoms with Gasteiger partial charge in [-0.15, -0.1) is 11.8 Å². The lowest BCUT2D eigenvalue weighted by Gasteiger charge is -2.43. The minimum atomic E-state index is -1.17. The van der Waals surface area contributed by atoms with E-state index in [4.69, 9.17) is 0 Å². The van der Waals surface area contributed by atoms with Crippen LogP contribution in [0.5, 0.6) is 0 Å². The number of aliphatic carboxylic acids is 1. The van der Waals surface area contributed by atoms with Crippen LogP contribution in [-0.2, 0) is 14.4 Å². The van der Waals surface area contributed by atoms with Gasteiger partial charge in [0.05, 0.1) is 16.9 Å². The van der Waals surface area contributed by atoms with Crippen LogP contribution >= 0.6 is 39.0 Å². The Morgan fingerprint density at radius 1 is 1.16 bits per heavy atom. The molecular formula is C22H19BrN2O5S2. The van der Waals surface area contributed by atoms with Gasteiger partial charge >= 0.3 is 10.8 Å². The Hall–Kier alpha value is -1.91. The number of aromatic nitrogens is 1. The Labute approximate surface area is 199 Å². The van der Waals surface area contributed by atoms with Gasteiger partial charge in [0, 0.05) is 20.5 Å². The van der Waals surface area contributed by atoms with E-state index in [1.807, 2.05) is 12.1 Å². The molecule has 0 unspecified atom stereocenters. The molecule has 2 bridgehead atoms. The molecule has 2 amide bonds. The number of thioether (sulfide) groups is 1. The second-order valence-electron chi connectivity index (χ2n) is 9.07. The van der Waals surface area contributed by atoms with Gasteiger partial charge in [0.1, 0.15) is 6.04 Å². The molecule has 4 aliphatic rings. The molecular weight excluding hydrogens is 516 g/mol. The summed E-state index contributed by atoms with van der Waals surface area (Å²) in [7, 11) is 0. The maximum absolute atomic E-state index is 13.3. The van der Waals surface area contributed by atoms with Gasteiger partial charge in [-0.2, -0.15) is 0 Å². The van der Waals surface area contributed by atoms with Crippen molar-refractivity contribution in [1.29, 1.82) is 0 Å². The number of nitrogens with one attached hydrogen (secondary N) is 1. The number of amides is 2. The fraction of sp³-hybridized carbons (Fsp3) is 0.455. The van der Waals surface area contributed by atoms with Crippen molar-refractivity contribution in [1.82, 2.24) is 9.88 Å². The minimum absolute atomic E-state index is 0.00283. The number of hydrogen-bond acceptors (Lipinski definition) is 6. The fourth-order valence-electron chi connectivity index (χ4n) is 6.58. The molecule has 32 heavy (non-hydrogen) atoms. The summed E-state index contributed by atoms with van der Waals surface area (Å²) >= 11 is 6.34. The molecule has 1 aromatic heterocycles. The van der Waals surface area contributed by atoms with Crippen molar-refractivity contribution in [3.8, 4) is 0 Å². The van der Waals surface area contributed by atoms with Crippen LogP contribution in [0, 0.1) is 29.6 Å². The quantitative estimate of drug-likeness (QED) is 0.585. The smallest absolute Gasteiger partial charge is 0.326 e. The molecule has 3 heterocycles. The number of carbonyl (C=O) groups is 3. The summed E-state index contributed by atoms with van der Waals surface area (Å²) in [5, 5.41) is 10.4. The molecule has 3 fully saturated rings. The third kappa shape index (κ3) is 2.66. The number of imide groups is 1. The number of fused-ring (bicyclic) bond motifs is 9. The van der Waals surface area contributed by atoms with Crippen LogP contribution in [0.2, 0.25) is 0 Å². The van der Waals surface area contributed by atoms with E-state index in [9.17, 15) is 24.3 Å². The Morgan fingerprint density at radius 2 is 1.81 bits per heavy atom. The van der Waals surface area contributed by atoms with E-state index in [1.54, 1.807) is 11.8 Å². The van der Waals surface area contributed by atoms with Crippen molar-refractivity contribution in [2.45, 2.75) is 35.6 Å². The molecule has 0 radical (unpaired) electrons. The standard InChI is InChI=1S/C22H19BrN2O5S2/c1-7(21(28)29)25-19(26)14-10-6-11(15(14)20(25)27)16-13(10)12(8-2-4-9(23)5-3-8)17-18(31-16)24-22(30)32-17/h2-5,7,10-16H,6H2,1H3,(H,24,30)(H,28,29)/t7-,10-,11+,12+,13+,14-,15+,16-/m1/s1. The normalized spacial score (nSPS) is 35.6. The van der Waals surface area contributed by atoms with Gasteiger partial charge < -0.3 is 10.1 Å². The molecule has 2 aromatic rings. The van der Waals surface area contributed by atoms with Crippen molar-refractivity contribution in [3.63, 3.8) is 0 Å². The van der Waals surface area contributed by atoms with E-state index in [2.05, 4.69) is 33.0 Å². The molecule has 2 saturated carbocycles. The van der Waals surface area contributed by atoms with Crippen LogP contribution in [0.3, 0.4) is 0 Å². The fourth-order valence-corrected chi connectivity index (χ4v) is 9.73. The summed E-state index contributed by atoms with van der Waals surface area (Å²) in [6.07, 6.45) is 0.788. The molecule has 2 aliphatic carbocycles. The van der Waals surface area contributed by atoms with E-state index in [-0.39, 0.29) is 45.6 Å². The van der Waals surface area contributed by atoms with Crippen LogP contribution in [0.25, 0.3) is 0 Å². The number of H-pyrrole nitrogens is 1. The third-order valence-electron chi connectivity index (χ3n) is 7.73. The SMILES string of the molecule is C[C@H](C(=O)O)N1C(=O)[C@@H]2[C@@H]3C[C@H]([C@H]4Sc5[nH]c(=O)sc5[C@@H](c5ccc(Br)cc5)[C@H]34)[C@@H]2C1=O. The van der Waals surface area contributed by atoms with Gasteiger partial charge in [0.2, 0.25) is 11.8 Å². The first-order valence-corrected chi connectivity index (χ1v) is 13.0. The second kappa shape index (κ2) is 7.04. The number of halogens is 1. The predicted octanol–water partition coefficient (Wildman–Crippen LogP) is 3.15. The number of rotatable bonds is 3. The number of hydrogen-bond donors (Lipinski definition) is 2. The van der Waals surface area contributed by atoms with E-state index in [0.717, 1.165) is 31.3 Å². The third-order valence-corrected chi connectivity index (χ3v) is 10.8. The van der Waals surface area contributed by atoms with Crippen LogP contribution in [0.1, 0.15) is 29.7 Å². The monoisotopic (exact) mass is 534 g/mol. The Morgan fingerprint density at radius 3 is 2.47 bits per heavy atom. The second-order valence-corrected chi connectivity index (χ2v) is 12.2. The first-order chi connectivity index (χ1) is 15.3. The molecule has 0 spiro atoms. The highest BCUT2D eigenvalue weighted by Crippen LogP contribution is 2.68. The van der Waals surface area contributed by atoms with Crippen LogP contribution < -0.4 is 4.87 Å². The Kier molecular flexibility index (Phi) is 4.55. The summed E-state index contributed by atoms with van der Waals surface area (Å²) < 4.78 is 0.966. The number of likely N-dealkylation sites (tertiary alicyclic amines) is 1. The van der Waals surface area contributed by atoms with Crippen LogP contribution in [0.15, 0.2) is 38.6 Å². The number of carboxylic acids is 1. The minimum Gasteiger partial charge on any atom is -0.480 e. The summed E-state index contributed by atoms with van der Waals surface area (Å²) in [4.78, 5) is 55.2. The van der Waals surface area contributed by atoms with Gasteiger partial charge in [-0.25, -0.2) is 4.79 Å². The summed E-state index contributed by atoms with van der Waals surface area (Å²) in [5.41, 5.74) is 1.09. The average molecular weight is 535 g/mol. The molecule has 1 saturated heterocycles. The zero-order valence-corrected chi connectivity index (χ0v) is 20.1. The van der Waals surface area contributed by atoms with Gasteiger partial charge in [0.15, 0.2) is 0 Å². The highest BCUT2D eigenvalue weighted by molar-refractivity contribution is 9.10. The Balaban J connectivity index is 1.45. The summed E-state index contributed by atoms with van der Waals surface area (Å²) in [6, 6.07) is 6.92. The van der Waals surface area contributed by atoms with E-state index in [0.29, 0.717) is 0 Å². The number of carbonyl (C=O) groups excluding carboxylic acids is 2. The number of benzene rings is 1. The highest BCUT2D eigenvalue weighted by Gasteiger charge is 2.70. The van der Waals surface area contributed by atoms with Crippen molar-refractivity contribution in [2.24, 2.45) is 29.6 Å². The van der Waals surface area contributed by atoms with Crippen LogP contribution in [0.4, 0.5) is 0 Å². The van der Waals surface area contributed by atoms with E-state index >= 15 is 0 Å². The van der Waals surface area contributed by atoms with E-state index in [1.165, 1.54) is 18.3 Å². The topological polar surface area (TPSA) is 108 Å². The van der Waals surface area contributed by atoms with E-state index < -0.39 is 23.8 Å². The number of carboxylic acid groups (broad SMARTS) is 1. The maximum Gasteiger partial charge on any atom is 0.326 e. The average Bonchev–Trinajstić information content (AvgIpc) is 3.47. The zero-order chi connectivity index (χ0) is 22.5. The van der Waals surface area contributed by atoms with Crippen molar-refractivity contribution < 1.29 is 19.5 Å². The first-order valence-electron chi connectivity index (χ1n) is 10.5. The molecule has 166 valence electrons. The molecule has 6 rings (SSSR count). The zero-order valence-electron chi connectivity index (χ0n) is 16.9. The molecule has 2 aliphatic heterocycles. The highest BCUT2D eigenvalue weighted by atomic mass is 79.9.